The third-order valence-electron chi connectivity index (χ3n) is 1.63. The van der Waals surface area contributed by atoms with Gasteiger partial charge in [-0.05, 0) is 12.3 Å². The second kappa shape index (κ2) is 3.92. The minimum atomic E-state index is -0.960. The van der Waals surface area contributed by atoms with Gasteiger partial charge >= 0.3 is 5.97 Å². The lowest BCUT2D eigenvalue weighted by molar-refractivity contribution is -0.138. The fraction of sp³-hybridized carbons (Fsp3) is 0.375. The van der Waals surface area contributed by atoms with Gasteiger partial charge in [0, 0.05) is 13.1 Å². The molecular weight excluding hydrogens is 156 g/mol. The van der Waals surface area contributed by atoms with E-state index >= 15 is 0 Å². The van der Waals surface area contributed by atoms with E-state index in [0.717, 1.165) is 6.54 Å². The summed E-state index contributed by atoms with van der Waals surface area (Å²) in [4.78, 5) is 12.2. The van der Waals surface area contributed by atoms with Crippen LogP contribution in [-0.2, 0) is 4.79 Å². The Morgan fingerprint density at radius 3 is 2.92 bits per heavy atom. The second-order valence-corrected chi connectivity index (χ2v) is 2.67. The summed E-state index contributed by atoms with van der Waals surface area (Å²) >= 11 is 0. The van der Waals surface area contributed by atoms with Crippen LogP contribution in [0.3, 0.4) is 0 Å². The zero-order valence-electron chi connectivity index (χ0n) is 6.68. The van der Waals surface area contributed by atoms with Crippen molar-refractivity contribution in [3.63, 3.8) is 0 Å². The summed E-state index contributed by atoms with van der Waals surface area (Å²) < 4.78 is 0. The number of nitrogens with zero attached hydrogens (tertiary/aromatic N) is 1. The number of carboxylic acids is 1. The number of allylic oxidation sites excluding steroid dienone is 2. The van der Waals surface area contributed by atoms with Crippen molar-refractivity contribution in [2.75, 3.05) is 13.1 Å². The van der Waals surface area contributed by atoms with Gasteiger partial charge in [0.05, 0.1) is 0 Å². The lowest BCUT2D eigenvalue weighted by atomic mass is 10.2. The standard InChI is InChI=1S/C8H12N2O2/c9-7(8(11)12)6-10-4-2-1-3-5-10/h1-4,7H,5-6,9H2,(H,11,12). The molecule has 0 spiro atoms. The van der Waals surface area contributed by atoms with Crippen LogP contribution in [0, 0.1) is 0 Å². The summed E-state index contributed by atoms with van der Waals surface area (Å²) in [6, 6.07) is -0.804. The van der Waals surface area contributed by atoms with Gasteiger partial charge in [0.1, 0.15) is 6.04 Å². The van der Waals surface area contributed by atoms with Gasteiger partial charge in [0.15, 0.2) is 0 Å². The topological polar surface area (TPSA) is 66.6 Å². The molecule has 66 valence electrons. The van der Waals surface area contributed by atoms with Crippen LogP contribution in [0.2, 0.25) is 0 Å². The highest BCUT2D eigenvalue weighted by Gasteiger charge is 2.13. The molecule has 0 fully saturated rings. The molecule has 0 aromatic rings. The number of aliphatic carboxylic acids is 1. The smallest absolute Gasteiger partial charge is 0.322 e. The molecule has 1 unspecified atom stereocenters. The quantitative estimate of drug-likeness (QED) is 0.611. The lowest BCUT2D eigenvalue weighted by Crippen LogP contribution is -2.41. The van der Waals surface area contributed by atoms with Crippen molar-refractivity contribution >= 4 is 5.97 Å². The molecule has 4 heteroatoms. The van der Waals surface area contributed by atoms with Crippen molar-refractivity contribution in [3.05, 3.63) is 24.4 Å². The first kappa shape index (κ1) is 8.80. The average Bonchev–Trinajstić information content (AvgIpc) is 2.06. The van der Waals surface area contributed by atoms with Crippen LogP contribution in [0.1, 0.15) is 0 Å². The molecule has 0 aromatic heterocycles. The van der Waals surface area contributed by atoms with Crippen LogP contribution in [0.25, 0.3) is 0 Å². The highest BCUT2D eigenvalue weighted by atomic mass is 16.4. The Kier molecular flexibility index (Phi) is 2.88. The van der Waals surface area contributed by atoms with Crippen LogP contribution < -0.4 is 5.73 Å². The van der Waals surface area contributed by atoms with Crippen molar-refractivity contribution in [2.45, 2.75) is 6.04 Å². The molecule has 1 atom stereocenters. The SMILES string of the molecule is NC(CN1C=CC=CC1)C(=O)O. The van der Waals surface area contributed by atoms with Crippen molar-refractivity contribution in [2.24, 2.45) is 5.73 Å². The highest BCUT2D eigenvalue weighted by molar-refractivity contribution is 5.73. The molecule has 1 heterocycles. The molecule has 1 aliphatic heterocycles. The van der Waals surface area contributed by atoms with E-state index in [9.17, 15) is 4.79 Å². The lowest BCUT2D eigenvalue weighted by Gasteiger charge is -2.22. The maximum Gasteiger partial charge on any atom is 0.322 e. The van der Waals surface area contributed by atoms with Crippen LogP contribution >= 0.6 is 0 Å². The van der Waals surface area contributed by atoms with Crippen molar-refractivity contribution in [1.82, 2.24) is 4.90 Å². The van der Waals surface area contributed by atoms with Crippen molar-refractivity contribution in [3.8, 4) is 0 Å². The summed E-state index contributed by atoms with van der Waals surface area (Å²) in [6.45, 7) is 1.09. The van der Waals surface area contributed by atoms with E-state index in [1.165, 1.54) is 0 Å². The van der Waals surface area contributed by atoms with E-state index in [-0.39, 0.29) is 0 Å². The van der Waals surface area contributed by atoms with Gasteiger partial charge in [0.2, 0.25) is 0 Å². The molecule has 4 nitrogen and oxygen atoms in total. The van der Waals surface area contributed by atoms with Gasteiger partial charge in [-0.25, -0.2) is 0 Å². The molecule has 0 aromatic carbocycles. The Balaban J connectivity index is 2.36. The Labute approximate surface area is 71.0 Å². The van der Waals surface area contributed by atoms with Gasteiger partial charge in [-0.15, -0.1) is 0 Å². The molecule has 3 N–H and O–H groups in total. The first-order chi connectivity index (χ1) is 5.70. The molecular formula is C8H12N2O2. The van der Waals surface area contributed by atoms with E-state index in [1.807, 2.05) is 29.3 Å². The highest BCUT2D eigenvalue weighted by Crippen LogP contribution is 1.98. The molecule has 1 aliphatic rings. The van der Waals surface area contributed by atoms with Crippen LogP contribution in [0.5, 0.6) is 0 Å². The summed E-state index contributed by atoms with van der Waals surface area (Å²) in [7, 11) is 0. The summed E-state index contributed by atoms with van der Waals surface area (Å²) in [5.41, 5.74) is 5.35. The van der Waals surface area contributed by atoms with E-state index in [0.29, 0.717) is 6.54 Å². The van der Waals surface area contributed by atoms with E-state index in [2.05, 4.69) is 0 Å². The van der Waals surface area contributed by atoms with Gasteiger partial charge in [0.25, 0.3) is 0 Å². The first-order valence-electron chi connectivity index (χ1n) is 3.76. The minimum Gasteiger partial charge on any atom is -0.480 e. The summed E-state index contributed by atoms with van der Waals surface area (Å²) in [5, 5.41) is 8.52. The predicted octanol–water partition coefficient (Wildman–Crippen LogP) is -0.216. The number of hydrogen-bond donors (Lipinski definition) is 2. The van der Waals surface area contributed by atoms with E-state index < -0.39 is 12.0 Å². The van der Waals surface area contributed by atoms with Crippen LogP contribution in [0.4, 0.5) is 0 Å². The molecule has 0 radical (unpaired) electrons. The van der Waals surface area contributed by atoms with Gasteiger partial charge in [-0.2, -0.15) is 0 Å². The average molecular weight is 168 g/mol. The maximum atomic E-state index is 10.4. The molecule has 12 heavy (non-hydrogen) atoms. The number of rotatable bonds is 3. The molecule has 0 aliphatic carbocycles. The van der Waals surface area contributed by atoms with Crippen LogP contribution in [0.15, 0.2) is 24.4 Å². The zero-order chi connectivity index (χ0) is 8.97. The number of carboxylic acid groups (broad SMARTS) is 1. The molecule has 0 saturated carbocycles. The predicted molar refractivity (Wildman–Crippen MR) is 45.5 cm³/mol. The van der Waals surface area contributed by atoms with Crippen molar-refractivity contribution in [1.29, 1.82) is 0 Å². The summed E-state index contributed by atoms with van der Waals surface area (Å²) in [6.07, 6.45) is 7.57. The van der Waals surface area contributed by atoms with Gasteiger partial charge in [-0.1, -0.05) is 12.2 Å². The molecule has 0 amide bonds. The Morgan fingerprint density at radius 1 is 1.67 bits per heavy atom. The van der Waals surface area contributed by atoms with Gasteiger partial charge < -0.3 is 15.7 Å². The normalized spacial score (nSPS) is 17.9. The Morgan fingerprint density at radius 2 is 2.42 bits per heavy atom. The third kappa shape index (κ3) is 2.39. The van der Waals surface area contributed by atoms with Crippen LogP contribution in [-0.4, -0.2) is 35.1 Å². The molecule has 0 bridgehead atoms. The van der Waals surface area contributed by atoms with Gasteiger partial charge in [-0.3, -0.25) is 4.79 Å². The van der Waals surface area contributed by atoms with E-state index in [4.69, 9.17) is 10.8 Å². The van der Waals surface area contributed by atoms with Crippen molar-refractivity contribution < 1.29 is 9.90 Å². The summed E-state index contributed by atoms with van der Waals surface area (Å²) in [5.74, 6) is -0.960. The number of hydrogen-bond acceptors (Lipinski definition) is 3. The second-order valence-electron chi connectivity index (χ2n) is 2.67. The Bertz CT molecular complexity index is 223. The fourth-order valence-electron chi connectivity index (χ4n) is 0.973. The first-order valence-corrected chi connectivity index (χ1v) is 3.76. The zero-order valence-corrected chi connectivity index (χ0v) is 6.68. The minimum absolute atomic E-state index is 0.357. The Hall–Kier alpha value is -1.29. The fourth-order valence-corrected chi connectivity index (χ4v) is 0.973. The third-order valence-corrected chi connectivity index (χ3v) is 1.63. The largest absolute Gasteiger partial charge is 0.480 e. The van der Waals surface area contributed by atoms with E-state index in [1.54, 1.807) is 0 Å². The molecule has 0 saturated heterocycles. The molecule has 1 rings (SSSR count). The number of nitrogens with two attached hydrogens (primary N) is 1. The monoisotopic (exact) mass is 168 g/mol. The maximum absolute atomic E-state index is 10.4. The number of carbonyl (C=O) groups is 1.